The highest BCUT2D eigenvalue weighted by Gasteiger charge is 2.25. The largest absolute Gasteiger partial charge is 0.368 e. The molecule has 2 aliphatic rings. The van der Waals surface area contributed by atoms with Crippen LogP contribution in [0.1, 0.15) is 23.3 Å². The van der Waals surface area contributed by atoms with E-state index in [0.717, 1.165) is 44.8 Å². The molecule has 4 rings (SSSR count). The maximum absolute atomic E-state index is 12.1. The van der Waals surface area contributed by atoms with Gasteiger partial charge in [0.1, 0.15) is 17.8 Å². The molecule has 0 bridgehead atoms. The van der Waals surface area contributed by atoms with Crippen molar-refractivity contribution in [2.75, 3.05) is 36.0 Å². The molecule has 1 aliphatic heterocycles. The molecule has 0 radical (unpaired) electrons. The molecular weight excluding hydrogens is 302 g/mol. The Labute approximate surface area is 141 Å². The third kappa shape index (κ3) is 3.32. The Bertz CT molecular complexity index is 708. The molecule has 2 aromatic rings. The van der Waals surface area contributed by atoms with Gasteiger partial charge in [0.15, 0.2) is 0 Å². The number of amides is 1. The van der Waals surface area contributed by atoms with Crippen molar-refractivity contribution >= 4 is 17.4 Å². The van der Waals surface area contributed by atoms with Crippen molar-refractivity contribution in [3.8, 4) is 0 Å². The summed E-state index contributed by atoms with van der Waals surface area (Å²) in [5, 5.41) is 2.97. The molecule has 2 heterocycles. The Morgan fingerprint density at radius 2 is 1.71 bits per heavy atom. The van der Waals surface area contributed by atoms with Crippen molar-refractivity contribution in [1.82, 2.24) is 15.3 Å². The summed E-state index contributed by atoms with van der Waals surface area (Å²) in [7, 11) is 0. The zero-order chi connectivity index (χ0) is 16.4. The summed E-state index contributed by atoms with van der Waals surface area (Å²) in [6.07, 6.45) is 3.64. The Morgan fingerprint density at radius 1 is 1.00 bits per heavy atom. The number of carbonyl (C=O) groups is 1. The number of nitrogens with zero attached hydrogens (tertiary/aromatic N) is 4. The van der Waals surface area contributed by atoms with Gasteiger partial charge in [0.25, 0.3) is 5.91 Å². The Balaban J connectivity index is 1.41. The van der Waals surface area contributed by atoms with Gasteiger partial charge >= 0.3 is 0 Å². The molecule has 1 amide bonds. The van der Waals surface area contributed by atoms with Gasteiger partial charge in [-0.1, -0.05) is 18.2 Å². The molecular formula is C18H21N5O. The fourth-order valence-corrected chi connectivity index (χ4v) is 2.96. The summed E-state index contributed by atoms with van der Waals surface area (Å²) in [4.78, 5) is 25.2. The average molecular weight is 323 g/mol. The molecule has 6 heteroatoms. The van der Waals surface area contributed by atoms with E-state index in [4.69, 9.17) is 0 Å². The smallest absolute Gasteiger partial charge is 0.270 e. The van der Waals surface area contributed by atoms with Crippen LogP contribution in [0.2, 0.25) is 0 Å². The van der Waals surface area contributed by atoms with Crippen molar-refractivity contribution in [1.29, 1.82) is 0 Å². The lowest BCUT2D eigenvalue weighted by Crippen LogP contribution is -2.47. The van der Waals surface area contributed by atoms with E-state index in [2.05, 4.69) is 49.4 Å². The lowest BCUT2D eigenvalue weighted by atomic mass is 10.2. The summed E-state index contributed by atoms with van der Waals surface area (Å²) in [5.74, 6) is 0.739. The van der Waals surface area contributed by atoms with Crippen LogP contribution in [0, 0.1) is 0 Å². The van der Waals surface area contributed by atoms with Gasteiger partial charge in [0, 0.05) is 44.0 Å². The number of rotatable bonds is 4. The second kappa shape index (κ2) is 6.47. The first-order valence-electron chi connectivity index (χ1n) is 8.47. The van der Waals surface area contributed by atoms with Crippen molar-refractivity contribution in [2.24, 2.45) is 0 Å². The number of aromatic nitrogens is 2. The van der Waals surface area contributed by atoms with Crippen molar-refractivity contribution < 1.29 is 4.79 Å². The minimum atomic E-state index is -0.0935. The number of piperazine rings is 1. The number of benzene rings is 1. The first-order valence-corrected chi connectivity index (χ1v) is 8.47. The first kappa shape index (κ1) is 14.9. The van der Waals surface area contributed by atoms with Crippen LogP contribution in [-0.2, 0) is 0 Å². The summed E-state index contributed by atoms with van der Waals surface area (Å²) in [6.45, 7) is 3.65. The van der Waals surface area contributed by atoms with Crippen LogP contribution in [-0.4, -0.2) is 48.1 Å². The van der Waals surface area contributed by atoms with E-state index < -0.39 is 0 Å². The Hall–Kier alpha value is -2.63. The standard InChI is InChI=1S/C18H21N5O/c24-18(21-14-6-7-14)16-12-17(20-13-19-16)23-10-8-22(9-11-23)15-4-2-1-3-5-15/h1-5,12-14H,6-11H2,(H,21,24). The molecule has 1 aromatic heterocycles. The minimum absolute atomic E-state index is 0.0935. The fraction of sp³-hybridized carbons (Fsp3) is 0.389. The van der Waals surface area contributed by atoms with Crippen LogP contribution in [0.5, 0.6) is 0 Å². The number of para-hydroxylation sites is 1. The van der Waals surface area contributed by atoms with Crippen LogP contribution in [0.4, 0.5) is 11.5 Å². The lowest BCUT2D eigenvalue weighted by molar-refractivity contribution is 0.0946. The van der Waals surface area contributed by atoms with Crippen molar-refractivity contribution in [2.45, 2.75) is 18.9 Å². The van der Waals surface area contributed by atoms with Gasteiger partial charge in [-0.05, 0) is 25.0 Å². The van der Waals surface area contributed by atoms with Crippen LogP contribution in [0.15, 0.2) is 42.7 Å². The second-order valence-electron chi connectivity index (χ2n) is 6.32. The maximum Gasteiger partial charge on any atom is 0.270 e. The highest BCUT2D eigenvalue weighted by atomic mass is 16.2. The van der Waals surface area contributed by atoms with Crippen molar-refractivity contribution in [3.05, 3.63) is 48.4 Å². The number of hydrogen-bond donors (Lipinski definition) is 1. The average Bonchev–Trinajstić information content (AvgIpc) is 3.47. The Morgan fingerprint density at radius 3 is 2.42 bits per heavy atom. The van der Waals surface area contributed by atoms with Gasteiger partial charge in [-0.25, -0.2) is 9.97 Å². The number of anilines is 2. The normalized spacial score (nSPS) is 17.7. The number of carbonyl (C=O) groups excluding carboxylic acids is 1. The number of hydrogen-bond acceptors (Lipinski definition) is 5. The third-order valence-corrected chi connectivity index (χ3v) is 4.52. The monoisotopic (exact) mass is 323 g/mol. The van der Waals surface area contributed by atoms with Crippen LogP contribution < -0.4 is 15.1 Å². The third-order valence-electron chi connectivity index (χ3n) is 4.52. The molecule has 124 valence electrons. The van der Waals surface area contributed by atoms with E-state index in [1.807, 2.05) is 6.07 Å². The highest BCUT2D eigenvalue weighted by Crippen LogP contribution is 2.21. The summed E-state index contributed by atoms with van der Waals surface area (Å²) < 4.78 is 0. The molecule has 0 spiro atoms. The van der Waals surface area contributed by atoms with Crippen LogP contribution in [0.25, 0.3) is 0 Å². The first-order chi connectivity index (χ1) is 11.8. The van der Waals surface area contributed by atoms with E-state index in [1.54, 1.807) is 6.07 Å². The zero-order valence-corrected chi connectivity index (χ0v) is 13.6. The van der Waals surface area contributed by atoms with Gasteiger partial charge in [-0.15, -0.1) is 0 Å². The van der Waals surface area contributed by atoms with E-state index in [-0.39, 0.29) is 5.91 Å². The molecule has 1 aromatic carbocycles. The van der Waals surface area contributed by atoms with E-state index in [0.29, 0.717) is 11.7 Å². The second-order valence-corrected chi connectivity index (χ2v) is 6.32. The predicted molar refractivity (Wildman–Crippen MR) is 93.4 cm³/mol. The van der Waals surface area contributed by atoms with E-state index >= 15 is 0 Å². The molecule has 2 fully saturated rings. The molecule has 1 aliphatic carbocycles. The molecule has 1 N–H and O–H groups in total. The zero-order valence-electron chi connectivity index (χ0n) is 13.6. The SMILES string of the molecule is O=C(NC1CC1)c1cc(N2CCN(c3ccccc3)CC2)ncn1. The van der Waals surface area contributed by atoms with Gasteiger partial charge in [0.2, 0.25) is 0 Å². The molecule has 0 unspecified atom stereocenters. The van der Waals surface area contributed by atoms with E-state index in [1.165, 1.54) is 12.0 Å². The molecule has 6 nitrogen and oxygen atoms in total. The maximum atomic E-state index is 12.1. The van der Waals surface area contributed by atoms with Crippen LogP contribution in [0.3, 0.4) is 0 Å². The molecule has 24 heavy (non-hydrogen) atoms. The summed E-state index contributed by atoms with van der Waals surface area (Å²) >= 11 is 0. The summed E-state index contributed by atoms with van der Waals surface area (Å²) in [5.41, 5.74) is 1.71. The minimum Gasteiger partial charge on any atom is -0.368 e. The molecule has 0 atom stereocenters. The Kier molecular flexibility index (Phi) is 4.02. The van der Waals surface area contributed by atoms with Gasteiger partial charge < -0.3 is 15.1 Å². The van der Waals surface area contributed by atoms with Crippen LogP contribution >= 0.6 is 0 Å². The van der Waals surface area contributed by atoms with Crippen molar-refractivity contribution in [3.63, 3.8) is 0 Å². The lowest BCUT2D eigenvalue weighted by Gasteiger charge is -2.36. The van der Waals surface area contributed by atoms with Gasteiger partial charge in [-0.3, -0.25) is 4.79 Å². The fourth-order valence-electron chi connectivity index (χ4n) is 2.96. The summed E-state index contributed by atoms with van der Waals surface area (Å²) in [6, 6.07) is 12.6. The van der Waals surface area contributed by atoms with Gasteiger partial charge in [0.05, 0.1) is 0 Å². The highest BCUT2D eigenvalue weighted by molar-refractivity contribution is 5.93. The topological polar surface area (TPSA) is 61.4 Å². The van der Waals surface area contributed by atoms with Gasteiger partial charge in [-0.2, -0.15) is 0 Å². The predicted octanol–water partition coefficient (Wildman–Crippen LogP) is 1.70. The molecule has 1 saturated heterocycles. The number of nitrogens with one attached hydrogen (secondary N) is 1. The van der Waals surface area contributed by atoms with E-state index in [9.17, 15) is 4.79 Å². The quantitative estimate of drug-likeness (QED) is 0.928. The molecule has 1 saturated carbocycles.